The number of methoxy groups -OCH3 is 2. The number of halogens is 3. The van der Waals surface area contributed by atoms with Gasteiger partial charge in [-0.2, -0.15) is 9.97 Å². The van der Waals surface area contributed by atoms with Crippen molar-refractivity contribution >= 4 is 33.5 Å². The topological polar surface area (TPSA) is 99.1 Å². The van der Waals surface area contributed by atoms with Crippen molar-refractivity contribution in [2.24, 2.45) is 5.92 Å². The Hall–Kier alpha value is -4.49. The third kappa shape index (κ3) is 6.76. The lowest BCUT2D eigenvalue weighted by Gasteiger charge is -2.31. The number of nitrogens with zero attached hydrogens (tertiary/aromatic N) is 5. The highest BCUT2D eigenvalue weighted by Crippen LogP contribution is 2.43. The molecule has 1 unspecified atom stereocenters. The van der Waals surface area contributed by atoms with Gasteiger partial charge < -0.3 is 23.8 Å². The summed E-state index contributed by atoms with van der Waals surface area (Å²) in [5.74, 6) is -0.774. The van der Waals surface area contributed by atoms with Crippen molar-refractivity contribution in [2.75, 3.05) is 58.7 Å². The first-order chi connectivity index (χ1) is 25.3. The Balaban J connectivity index is 1.36. The molecule has 3 fully saturated rings. The number of hydrogen-bond acceptors (Lipinski definition) is 10. The van der Waals surface area contributed by atoms with Gasteiger partial charge in [0.15, 0.2) is 12.6 Å². The van der Waals surface area contributed by atoms with Crippen LogP contribution in [0.3, 0.4) is 0 Å². The molecule has 0 N–H and O–H groups in total. The molecule has 52 heavy (non-hydrogen) atoms. The molecule has 0 spiro atoms. The van der Waals surface area contributed by atoms with Crippen molar-refractivity contribution in [3.63, 3.8) is 0 Å². The number of anilines is 1. The quantitative estimate of drug-likeness (QED) is 0.123. The predicted molar refractivity (Wildman–Crippen MR) is 191 cm³/mol. The summed E-state index contributed by atoms with van der Waals surface area (Å²) in [4.78, 5) is 31.0. The van der Waals surface area contributed by atoms with Crippen LogP contribution in [0.15, 0.2) is 42.4 Å². The molecule has 3 aliphatic heterocycles. The molecule has 2 atom stereocenters. The molecule has 3 saturated heterocycles. The monoisotopic (exact) mass is 719 g/mol. The largest absolute Gasteiger partial charge is 0.469 e. The van der Waals surface area contributed by atoms with Crippen LogP contribution in [0.5, 0.6) is 11.8 Å². The van der Waals surface area contributed by atoms with Crippen molar-refractivity contribution in [1.29, 1.82) is 0 Å². The molecule has 0 aliphatic carbocycles. The lowest BCUT2D eigenvalue weighted by Crippen LogP contribution is -2.43. The zero-order chi connectivity index (χ0) is 36.4. The average Bonchev–Trinajstić information content (AvgIpc) is 3.70. The summed E-state index contributed by atoms with van der Waals surface area (Å²) in [6.07, 6.45) is 7.80. The Kier molecular flexibility index (Phi) is 10.5. The fraction of sp³-hybridized carbons (Fsp3) is 0.487. The van der Waals surface area contributed by atoms with Crippen LogP contribution < -0.4 is 14.4 Å². The summed E-state index contributed by atoms with van der Waals surface area (Å²) in [5.41, 5.74) is 1.08. The number of carbonyl (C=O) groups excluding carboxylic acids is 1. The van der Waals surface area contributed by atoms with Gasteiger partial charge >= 0.3 is 12.0 Å². The van der Waals surface area contributed by atoms with E-state index in [0.717, 1.165) is 44.2 Å². The van der Waals surface area contributed by atoms with Gasteiger partial charge in [0, 0.05) is 38.5 Å². The number of hydrogen-bond donors (Lipinski definition) is 0. The number of ether oxygens (including phenoxy) is 4. The minimum atomic E-state index is -0.717. The minimum absolute atomic E-state index is 0.000986. The highest BCUT2D eigenvalue weighted by molar-refractivity contribution is 6.01. The first-order valence-corrected chi connectivity index (χ1v) is 18.0. The standard InChI is InChI=1S/C39H44F3N5O5/c1-4-28-31(41)10-9-26-16-27(52-23-49-2)17-29(32(26)28)34-33(42)35-30(20-43-34)36(46-13-6-5-8-25(11-15-46)37(48)50-3)45-38(44-35)51-22-39-12-7-14-47(39)21-24(18-39)19-40/h9-10,16-17,19-20,25H,4-8,11-15,18,21-23H2,1-3H3/b24-19-/t25?,39-/m0/s1. The van der Waals surface area contributed by atoms with Gasteiger partial charge in [-0.15, -0.1) is 0 Å². The molecule has 0 radical (unpaired) electrons. The SMILES string of the molecule is CCc1c(F)ccc2cc(OCOC)cc(-c3ncc4c(N5CCCCC(C(=O)OC)CC5)nc(OC[C@@]56CCCN5C/C(=C\F)C6)nc4c3F)c12. The number of pyridine rings is 1. The van der Waals surface area contributed by atoms with Crippen LogP contribution in [0.1, 0.15) is 57.4 Å². The van der Waals surface area contributed by atoms with E-state index in [1.54, 1.807) is 24.4 Å². The fourth-order valence-electron chi connectivity index (χ4n) is 8.27. The number of esters is 1. The maximum Gasteiger partial charge on any atom is 0.319 e. The molecule has 3 aliphatic rings. The molecule has 4 aromatic rings. The number of benzene rings is 2. The molecule has 10 nitrogen and oxygen atoms in total. The highest BCUT2D eigenvalue weighted by Gasteiger charge is 2.47. The van der Waals surface area contributed by atoms with E-state index in [1.807, 2.05) is 11.8 Å². The van der Waals surface area contributed by atoms with Gasteiger partial charge in [0.1, 0.15) is 35.2 Å². The number of aryl methyl sites for hydroxylation is 1. The van der Waals surface area contributed by atoms with E-state index >= 15 is 8.78 Å². The van der Waals surface area contributed by atoms with E-state index in [0.29, 0.717) is 84.1 Å². The van der Waals surface area contributed by atoms with Gasteiger partial charge in [-0.1, -0.05) is 19.4 Å². The minimum Gasteiger partial charge on any atom is -0.469 e. The predicted octanol–water partition coefficient (Wildman–Crippen LogP) is 7.31. The molecule has 0 saturated carbocycles. The van der Waals surface area contributed by atoms with Crippen molar-refractivity contribution in [3.05, 3.63) is 59.6 Å². The fourth-order valence-corrected chi connectivity index (χ4v) is 8.27. The van der Waals surface area contributed by atoms with Crippen LogP contribution in [0, 0.1) is 17.6 Å². The Labute approximate surface area is 300 Å². The Morgan fingerprint density at radius 3 is 2.71 bits per heavy atom. The number of carbonyl (C=O) groups is 1. The molecule has 13 heteroatoms. The molecule has 2 aromatic carbocycles. The zero-order valence-corrected chi connectivity index (χ0v) is 29.9. The van der Waals surface area contributed by atoms with Crippen LogP contribution >= 0.6 is 0 Å². The van der Waals surface area contributed by atoms with Crippen LogP contribution in [-0.4, -0.2) is 85.2 Å². The van der Waals surface area contributed by atoms with E-state index in [9.17, 15) is 9.18 Å². The Morgan fingerprint density at radius 1 is 1.06 bits per heavy atom. The maximum atomic E-state index is 17.2. The van der Waals surface area contributed by atoms with Crippen LogP contribution in [0.2, 0.25) is 0 Å². The molecule has 2 aromatic heterocycles. The van der Waals surface area contributed by atoms with Crippen molar-refractivity contribution < 1.29 is 36.9 Å². The van der Waals surface area contributed by atoms with Gasteiger partial charge in [-0.25, -0.2) is 13.2 Å². The number of fused-ring (bicyclic) bond motifs is 3. The molecule has 5 heterocycles. The number of aromatic nitrogens is 3. The van der Waals surface area contributed by atoms with E-state index in [-0.39, 0.29) is 42.5 Å². The first-order valence-electron chi connectivity index (χ1n) is 18.0. The third-order valence-electron chi connectivity index (χ3n) is 10.9. The smallest absolute Gasteiger partial charge is 0.319 e. The van der Waals surface area contributed by atoms with E-state index in [1.165, 1.54) is 20.3 Å². The Morgan fingerprint density at radius 2 is 1.92 bits per heavy atom. The van der Waals surface area contributed by atoms with Crippen LogP contribution in [0.4, 0.5) is 19.0 Å². The summed E-state index contributed by atoms with van der Waals surface area (Å²) in [6, 6.07) is 6.44. The summed E-state index contributed by atoms with van der Waals surface area (Å²) in [7, 11) is 2.90. The molecular formula is C39H44F3N5O5. The van der Waals surface area contributed by atoms with Gasteiger partial charge in [0.25, 0.3) is 0 Å². The van der Waals surface area contributed by atoms with Crippen molar-refractivity contribution in [1.82, 2.24) is 19.9 Å². The van der Waals surface area contributed by atoms with Crippen LogP contribution in [-0.2, 0) is 20.7 Å². The maximum absolute atomic E-state index is 17.2. The van der Waals surface area contributed by atoms with E-state index in [2.05, 4.69) is 14.9 Å². The second-order valence-electron chi connectivity index (χ2n) is 14.0. The summed E-state index contributed by atoms with van der Waals surface area (Å²) in [6.45, 7) is 4.50. The summed E-state index contributed by atoms with van der Waals surface area (Å²) in [5, 5.41) is 1.57. The second kappa shape index (κ2) is 15.2. The summed E-state index contributed by atoms with van der Waals surface area (Å²) >= 11 is 0. The van der Waals surface area contributed by atoms with Gasteiger partial charge in [0.05, 0.1) is 30.3 Å². The van der Waals surface area contributed by atoms with Gasteiger partial charge in [-0.3, -0.25) is 14.7 Å². The molecular weight excluding hydrogens is 675 g/mol. The molecule has 7 rings (SSSR count). The van der Waals surface area contributed by atoms with E-state index < -0.39 is 17.2 Å². The van der Waals surface area contributed by atoms with Gasteiger partial charge in [-0.05, 0) is 91.6 Å². The van der Waals surface area contributed by atoms with E-state index in [4.69, 9.17) is 23.9 Å². The molecule has 0 bridgehead atoms. The highest BCUT2D eigenvalue weighted by atomic mass is 19.1. The number of rotatable bonds is 10. The van der Waals surface area contributed by atoms with Crippen LogP contribution in [0.25, 0.3) is 32.9 Å². The zero-order valence-electron chi connectivity index (χ0n) is 29.9. The third-order valence-corrected chi connectivity index (χ3v) is 10.9. The molecule has 0 amide bonds. The lowest BCUT2D eigenvalue weighted by molar-refractivity contribution is -0.146. The summed E-state index contributed by atoms with van der Waals surface area (Å²) < 4.78 is 68.4. The Bertz CT molecular complexity index is 2010. The average molecular weight is 720 g/mol. The molecule has 276 valence electrons. The first kappa shape index (κ1) is 35.9. The van der Waals surface area contributed by atoms with Gasteiger partial charge in [0.2, 0.25) is 0 Å². The lowest BCUT2D eigenvalue weighted by atomic mass is 9.94. The van der Waals surface area contributed by atoms with Crippen molar-refractivity contribution in [3.8, 4) is 23.0 Å². The normalized spacial score (nSPS) is 21.8. The second-order valence-corrected chi connectivity index (χ2v) is 14.0. The van der Waals surface area contributed by atoms with Crippen molar-refractivity contribution in [2.45, 2.75) is 63.8 Å².